The van der Waals surface area contributed by atoms with Crippen molar-refractivity contribution in [3.05, 3.63) is 12.4 Å². The quantitative estimate of drug-likeness (QED) is 0.244. The lowest BCUT2D eigenvalue weighted by Crippen LogP contribution is -2.42. The van der Waals surface area contributed by atoms with E-state index in [1.165, 1.54) is 103 Å². The van der Waals surface area contributed by atoms with Crippen molar-refractivity contribution in [2.75, 3.05) is 6.54 Å². The second kappa shape index (κ2) is 15.4. The molecule has 0 radical (unpaired) electrons. The van der Waals surface area contributed by atoms with Crippen LogP contribution in [0.4, 0.5) is 0 Å². The number of hydrogen-bond acceptors (Lipinski definition) is 2. The summed E-state index contributed by atoms with van der Waals surface area (Å²) in [4.78, 5) is 5.19. The standard InChI is InChI=1S/C24H48N2/c1-5-7-9-11-12-13-14-15-16-17-19-24-25(20-18-10-8-6-2)21-22-26(24)23(3)4/h21-24H,5-20H2,1-4H3. The van der Waals surface area contributed by atoms with Gasteiger partial charge < -0.3 is 9.80 Å². The summed E-state index contributed by atoms with van der Waals surface area (Å²) in [5.41, 5.74) is 0. The maximum absolute atomic E-state index is 2.61. The Bertz CT molecular complexity index is 337. The lowest BCUT2D eigenvalue weighted by Gasteiger charge is -2.35. The van der Waals surface area contributed by atoms with E-state index in [0.29, 0.717) is 12.2 Å². The van der Waals surface area contributed by atoms with Gasteiger partial charge in [0.2, 0.25) is 0 Å². The van der Waals surface area contributed by atoms with Crippen molar-refractivity contribution in [1.82, 2.24) is 9.80 Å². The summed E-state index contributed by atoms with van der Waals surface area (Å²) in [6.45, 7) is 10.5. The van der Waals surface area contributed by atoms with Gasteiger partial charge in [-0.2, -0.15) is 0 Å². The molecule has 2 heteroatoms. The highest BCUT2D eigenvalue weighted by Gasteiger charge is 2.26. The molecule has 26 heavy (non-hydrogen) atoms. The predicted octanol–water partition coefficient (Wildman–Crippen LogP) is 7.70. The van der Waals surface area contributed by atoms with Crippen LogP contribution in [0.2, 0.25) is 0 Å². The minimum atomic E-state index is 0.611. The summed E-state index contributed by atoms with van der Waals surface area (Å²) in [7, 11) is 0. The Kier molecular flexibility index (Phi) is 13.9. The van der Waals surface area contributed by atoms with Gasteiger partial charge in [-0.25, -0.2) is 0 Å². The molecule has 0 aromatic heterocycles. The first kappa shape index (κ1) is 23.4. The molecular weight excluding hydrogens is 316 g/mol. The molecule has 0 bridgehead atoms. The monoisotopic (exact) mass is 364 g/mol. The summed E-state index contributed by atoms with van der Waals surface area (Å²) in [5, 5.41) is 0. The smallest absolute Gasteiger partial charge is 0.101 e. The fraction of sp³-hybridized carbons (Fsp3) is 0.917. The minimum absolute atomic E-state index is 0.611. The van der Waals surface area contributed by atoms with Gasteiger partial charge in [-0.05, 0) is 33.1 Å². The average molecular weight is 365 g/mol. The van der Waals surface area contributed by atoms with Crippen LogP contribution in [0.15, 0.2) is 12.4 Å². The van der Waals surface area contributed by atoms with Crippen LogP contribution in [0.1, 0.15) is 124 Å². The topological polar surface area (TPSA) is 6.48 Å². The van der Waals surface area contributed by atoms with Crippen molar-refractivity contribution in [3.63, 3.8) is 0 Å². The second-order valence-corrected chi connectivity index (χ2v) is 8.59. The Balaban J connectivity index is 2.15. The van der Waals surface area contributed by atoms with E-state index < -0.39 is 0 Å². The van der Waals surface area contributed by atoms with Crippen LogP contribution < -0.4 is 0 Å². The summed E-state index contributed by atoms with van der Waals surface area (Å²) < 4.78 is 0. The summed E-state index contributed by atoms with van der Waals surface area (Å²) in [6, 6.07) is 0.611. The van der Waals surface area contributed by atoms with Crippen LogP contribution in [-0.2, 0) is 0 Å². The van der Waals surface area contributed by atoms with E-state index in [1.807, 2.05) is 0 Å². The predicted molar refractivity (Wildman–Crippen MR) is 117 cm³/mol. The van der Waals surface area contributed by atoms with E-state index in [1.54, 1.807) is 0 Å². The summed E-state index contributed by atoms with van der Waals surface area (Å²) in [5.74, 6) is 0. The first-order valence-electron chi connectivity index (χ1n) is 11.9. The molecule has 1 rings (SSSR count). The Morgan fingerprint density at radius 2 is 1.15 bits per heavy atom. The SMILES string of the molecule is CCCCCCCCCCCCC1N(CCCCCC)C=CN1C(C)C. The number of rotatable bonds is 17. The van der Waals surface area contributed by atoms with Crippen molar-refractivity contribution < 1.29 is 0 Å². The molecule has 0 saturated heterocycles. The normalized spacial score (nSPS) is 17.0. The van der Waals surface area contributed by atoms with Gasteiger partial charge in [-0.3, -0.25) is 0 Å². The molecule has 154 valence electrons. The van der Waals surface area contributed by atoms with Crippen molar-refractivity contribution in [3.8, 4) is 0 Å². The molecule has 0 aromatic rings. The molecule has 0 spiro atoms. The highest BCUT2D eigenvalue weighted by Crippen LogP contribution is 2.24. The van der Waals surface area contributed by atoms with Gasteiger partial charge in [0.15, 0.2) is 0 Å². The van der Waals surface area contributed by atoms with Crippen molar-refractivity contribution in [2.24, 2.45) is 0 Å². The zero-order chi connectivity index (χ0) is 19.0. The molecule has 1 heterocycles. The fourth-order valence-electron chi connectivity index (χ4n) is 4.12. The van der Waals surface area contributed by atoms with Gasteiger partial charge >= 0.3 is 0 Å². The number of hydrogen-bond donors (Lipinski definition) is 0. The summed E-state index contributed by atoms with van der Waals surface area (Å²) in [6.07, 6.45) is 26.4. The van der Waals surface area contributed by atoms with Gasteiger partial charge in [-0.1, -0.05) is 90.9 Å². The van der Waals surface area contributed by atoms with Crippen LogP contribution in [0.3, 0.4) is 0 Å². The van der Waals surface area contributed by atoms with Crippen LogP contribution in [0.25, 0.3) is 0 Å². The fourth-order valence-corrected chi connectivity index (χ4v) is 4.12. The van der Waals surface area contributed by atoms with E-state index in [-0.39, 0.29) is 0 Å². The Hall–Kier alpha value is -0.660. The van der Waals surface area contributed by atoms with E-state index in [2.05, 4.69) is 49.9 Å². The third-order valence-electron chi connectivity index (χ3n) is 5.84. The minimum Gasteiger partial charge on any atom is -0.356 e. The molecule has 0 amide bonds. The van der Waals surface area contributed by atoms with Crippen LogP contribution in [0.5, 0.6) is 0 Å². The second-order valence-electron chi connectivity index (χ2n) is 8.59. The third kappa shape index (κ3) is 9.88. The summed E-state index contributed by atoms with van der Waals surface area (Å²) >= 11 is 0. The van der Waals surface area contributed by atoms with Crippen molar-refractivity contribution in [1.29, 1.82) is 0 Å². The average Bonchev–Trinajstić information content (AvgIpc) is 3.03. The van der Waals surface area contributed by atoms with E-state index in [0.717, 1.165) is 0 Å². The van der Waals surface area contributed by atoms with Gasteiger partial charge in [0.05, 0.1) is 0 Å². The third-order valence-corrected chi connectivity index (χ3v) is 5.84. The van der Waals surface area contributed by atoms with Gasteiger partial charge in [-0.15, -0.1) is 0 Å². The molecule has 0 aliphatic carbocycles. The molecule has 2 nitrogen and oxygen atoms in total. The van der Waals surface area contributed by atoms with E-state index in [4.69, 9.17) is 0 Å². The lowest BCUT2D eigenvalue weighted by atomic mass is 10.0. The van der Waals surface area contributed by atoms with E-state index in [9.17, 15) is 0 Å². The molecule has 1 unspecified atom stereocenters. The number of unbranched alkanes of at least 4 members (excludes halogenated alkanes) is 12. The maximum Gasteiger partial charge on any atom is 0.101 e. The number of nitrogens with zero attached hydrogens (tertiary/aromatic N) is 2. The molecule has 1 atom stereocenters. The van der Waals surface area contributed by atoms with Gasteiger partial charge in [0, 0.05) is 25.0 Å². The Morgan fingerprint density at radius 3 is 1.69 bits per heavy atom. The zero-order valence-corrected chi connectivity index (χ0v) is 18.5. The molecule has 0 N–H and O–H groups in total. The molecule has 0 fully saturated rings. The highest BCUT2D eigenvalue weighted by molar-refractivity contribution is 4.98. The van der Waals surface area contributed by atoms with E-state index >= 15 is 0 Å². The molecule has 0 aromatic carbocycles. The maximum atomic E-state index is 2.61. The zero-order valence-electron chi connectivity index (χ0n) is 18.5. The van der Waals surface area contributed by atoms with Crippen LogP contribution >= 0.6 is 0 Å². The first-order valence-corrected chi connectivity index (χ1v) is 11.9. The molecule has 1 aliphatic rings. The van der Waals surface area contributed by atoms with Gasteiger partial charge in [0.1, 0.15) is 6.17 Å². The first-order chi connectivity index (χ1) is 12.7. The Labute approximate surface area is 165 Å². The molecule has 1 aliphatic heterocycles. The van der Waals surface area contributed by atoms with Crippen LogP contribution in [-0.4, -0.2) is 28.6 Å². The largest absolute Gasteiger partial charge is 0.356 e. The lowest BCUT2D eigenvalue weighted by molar-refractivity contribution is 0.114. The Morgan fingerprint density at radius 1 is 0.654 bits per heavy atom. The molecule has 0 saturated carbocycles. The molecular formula is C24H48N2. The van der Waals surface area contributed by atoms with Crippen molar-refractivity contribution in [2.45, 2.75) is 136 Å². The van der Waals surface area contributed by atoms with Crippen molar-refractivity contribution >= 4 is 0 Å². The highest BCUT2D eigenvalue weighted by atomic mass is 15.4. The van der Waals surface area contributed by atoms with Crippen LogP contribution in [0, 0.1) is 0 Å². The van der Waals surface area contributed by atoms with Gasteiger partial charge in [0.25, 0.3) is 0 Å².